The molecule has 0 bridgehead atoms. The van der Waals surface area contributed by atoms with Crippen LogP contribution in [-0.4, -0.2) is 63.8 Å². The van der Waals surface area contributed by atoms with Crippen LogP contribution >= 0.6 is 11.8 Å². The summed E-state index contributed by atoms with van der Waals surface area (Å²) in [6.07, 6.45) is 6.58. The van der Waals surface area contributed by atoms with Gasteiger partial charge in [0.05, 0.1) is 16.8 Å². The number of rotatable bonds is 11. The van der Waals surface area contributed by atoms with Crippen LogP contribution in [0.3, 0.4) is 0 Å². The Bertz CT molecular complexity index is 1450. The van der Waals surface area contributed by atoms with Gasteiger partial charge in [-0.05, 0) is 98.7 Å². The first-order valence-corrected chi connectivity index (χ1v) is 16.0. The molecule has 3 aromatic carbocycles. The number of hydrazone groups is 1. The second-order valence-corrected chi connectivity index (χ2v) is 12.4. The molecule has 0 aliphatic carbocycles. The molecule has 0 unspecified atom stereocenters. The highest BCUT2D eigenvalue weighted by Crippen LogP contribution is 2.25. The number of carbonyl (C=O) groups excluding carboxylic acids is 2. The zero-order valence-electron chi connectivity index (χ0n) is 23.2. The molecule has 1 fully saturated rings. The van der Waals surface area contributed by atoms with E-state index in [0.717, 1.165) is 47.1 Å². The van der Waals surface area contributed by atoms with Crippen LogP contribution in [0.5, 0.6) is 5.75 Å². The van der Waals surface area contributed by atoms with Gasteiger partial charge in [0.1, 0.15) is 12.3 Å². The molecule has 0 atom stereocenters. The summed E-state index contributed by atoms with van der Waals surface area (Å²) in [6.45, 7) is 3.00. The van der Waals surface area contributed by atoms with Crippen molar-refractivity contribution in [3.63, 3.8) is 0 Å². The number of aryl methyl sites for hydroxylation is 1. The van der Waals surface area contributed by atoms with Gasteiger partial charge < -0.3 is 9.64 Å². The quantitative estimate of drug-likeness (QED) is 0.200. The normalized spacial score (nSPS) is 13.7. The molecule has 1 aliphatic rings. The molecule has 1 heterocycles. The Morgan fingerprint density at radius 1 is 0.976 bits per heavy atom. The Labute approximate surface area is 245 Å². The maximum Gasteiger partial charge on any atom is 0.264 e. The standard InChI is InChI=1S/C30H34N4O5S2/c1-23-6-10-25(11-7-23)34(41(37,38)28-16-14-27(40-2)15-17-28)21-29(35)32-31-20-24-8-12-26(13-9-24)39-22-30(36)33-18-4-3-5-19-33/h6-17,20H,3-5,18-19,21-22H2,1-2H3,(H,32,35)/b31-20-. The summed E-state index contributed by atoms with van der Waals surface area (Å²) in [6, 6.07) is 20.4. The molecule has 1 saturated heterocycles. The van der Waals surface area contributed by atoms with Crippen molar-refractivity contribution in [1.29, 1.82) is 0 Å². The summed E-state index contributed by atoms with van der Waals surface area (Å²) < 4.78 is 33.8. The predicted molar refractivity (Wildman–Crippen MR) is 162 cm³/mol. The molecule has 1 aliphatic heterocycles. The lowest BCUT2D eigenvalue weighted by Gasteiger charge is -2.26. The van der Waals surface area contributed by atoms with E-state index in [1.807, 2.05) is 18.1 Å². The minimum Gasteiger partial charge on any atom is -0.484 e. The molecule has 0 radical (unpaired) electrons. The molecular weight excluding hydrogens is 560 g/mol. The number of hydrogen-bond donors (Lipinski definition) is 1. The van der Waals surface area contributed by atoms with Gasteiger partial charge in [-0.3, -0.25) is 13.9 Å². The van der Waals surface area contributed by atoms with Gasteiger partial charge >= 0.3 is 0 Å². The fourth-order valence-electron chi connectivity index (χ4n) is 4.28. The minimum atomic E-state index is -4.02. The van der Waals surface area contributed by atoms with E-state index < -0.39 is 22.5 Å². The largest absolute Gasteiger partial charge is 0.484 e. The first-order chi connectivity index (χ1) is 19.8. The molecule has 0 saturated carbocycles. The average Bonchev–Trinajstić information content (AvgIpc) is 3.00. The van der Waals surface area contributed by atoms with E-state index >= 15 is 0 Å². The Morgan fingerprint density at radius 3 is 2.27 bits per heavy atom. The highest BCUT2D eigenvalue weighted by atomic mass is 32.2. The van der Waals surface area contributed by atoms with E-state index in [9.17, 15) is 18.0 Å². The second-order valence-electron chi connectivity index (χ2n) is 9.62. The number of benzene rings is 3. The van der Waals surface area contributed by atoms with Gasteiger partial charge in [-0.2, -0.15) is 5.10 Å². The summed E-state index contributed by atoms with van der Waals surface area (Å²) in [5.74, 6) is -0.0555. The van der Waals surface area contributed by atoms with Crippen LogP contribution in [0.15, 0.2) is 87.7 Å². The Hall–Kier alpha value is -3.83. The van der Waals surface area contributed by atoms with Gasteiger partial charge in [0.2, 0.25) is 0 Å². The maximum atomic E-state index is 13.5. The lowest BCUT2D eigenvalue weighted by atomic mass is 10.1. The molecule has 1 N–H and O–H groups in total. The predicted octanol–water partition coefficient (Wildman–Crippen LogP) is 4.45. The van der Waals surface area contributed by atoms with E-state index in [-0.39, 0.29) is 17.4 Å². The summed E-state index contributed by atoms with van der Waals surface area (Å²) in [5.41, 5.74) is 4.45. The summed E-state index contributed by atoms with van der Waals surface area (Å²) in [7, 11) is -4.02. The van der Waals surface area contributed by atoms with Crippen molar-refractivity contribution in [2.24, 2.45) is 5.10 Å². The fraction of sp³-hybridized carbons (Fsp3) is 0.300. The summed E-state index contributed by atoms with van der Waals surface area (Å²) >= 11 is 1.51. The molecule has 2 amide bonds. The van der Waals surface area contributed by atoms with Crippen molar-refractivity contribution in [3.05, 3.63) is 83.9 Å². The number of hydrogen-bond acceptors (Lipinski definition) is 7. The summed E-state index contributed by atoms with van der Waals surface area (Å²) in [4.78, 5) is 28.0. The molecule has 216 valence electrons. The molecule has 9 nitrogen and oxygen atoms in total. The van der Waals surface area contributed by atoms with Gasteiger partial charge in [0.15, 0.2) is 6.61 Å². The number of nitrogens with zero attached hydrogens (tertiary/aromatic N) is 3. The lowest BCUT2D eigenvalue weighted by Crippen LogP contribution is -2.39. The third kappa shape index (κ3) is 8.34. The van der Waals surface area contributed by atoms with Crippen molar-refractivity contribution in [1.82, 2.24) is 10.3 Å². The second kappa shape index (κ2) is 14.2. The number of carbonyl (C=O) groups is 2. The van der Waals surface area contributed by atoms with Crippen molar-refractivity contribution < 1.29 is 22.7 Å². The smallest absolute Gasteiger partial charge is 0.264 e. The van der Waals surface area contributed by atoms with Gasteiger partial charge in [-0.1, -0.05) is 17.7 Å². The van der Waals surface area contributed by atoms with E-state index in [0.29, 0.717) is 17.0 Å². The third-order valence-corrected chi connectivity index (χ3v) is 9.14. The first kappa shape index (κ1) is 30.1. The molecular formula is C30H34N4O5S2. The lowest BCUT2D eigenvalue weighted by molar-refractivity contribution is -0.134. The molecule has 0 aromatic heterocycles. The Balaban J connectivity index is 1.37. The zero-order chi connectivity index (χ0) is 29.2. The SMILES string of the molecule is CSc1ccc(S(=O)(=O)N(CC(=O)N/N=C\c2ccc(OCC(=O)N3CCCCC3)cc2)c2ccc(C)cc2)cc1. The molecule has 11 heteroatoms. The number of nitrogens with one attached hydrogen (secondary N) is 1. The van der Waals surface area contributed by atoms with Crippen LogP contribution in [0.4, 0.5) is 5.69 Å². The van der Waals surface area contributed by atoms with Crippen molar-refractivity contribution in [3.8, 4) is 5.75 Å². The van der Waals surface area contributed by atoms with Gasteiger partial charge in [-0.15, -0.1) is 11.8 Å². The number of ether oxygens (including phenoxy) is 1. The molecule has 41 heavy (non-hydrogen) atoms. The summed E-state index contributed by atoms with van der Waals surface area (Å²) in [5, 5.41) is 3.99. The zero-order valence-corrected chi connectivity index (χ0v) is 24.8. The number of sulfonamides is 1. The van der Waals surface area contributed by atoms with E-state index in [4.69, 9.17) is 4.74 Å². The third-order valence-electron chi connectivity index (χ3n) is 6.61. The molecule has 4 rings (SSSR count). The van der Waals surface area contributed by atoms with Gasteiger partial charge in [0, 0.05) is 18.0 Å². The maximum absolute atomic E-state index is 13.5. The van der Waals surface area contributed by atoms with Crippen LogP contribution in [0, 0.1) is 6.92 Å². The van der Waals surface area contributed by atoms with E-state index in [1.165, 1.54) is 30.1 Å². The number of amides is 2. The minimum absolute atomic E-state index is 0.00834. The fourth-order valence-corrected chi connectivity index (χ4v) is 6.10. The highest BCUT2D eigenvalue weighted by Gasteiger charge is 2.27. The van der Waals surface area contributed by atoms with E-state index in [1.54, 1.807) is 60.7 Å². The van der Waals surface area contributed by atoms with Crippen LogP contribution in [0.2, 0.25) is 0 Å². The monoisotopic (exact) mass is 594 g/mol. The average molecular weight is 595 g/mol. The topological polar surface area (TPSA) is 108 Å². The first-order valence-electron chi connectivity index (χ1n) is 13.3. The Kier molecular flexibility index (Phi) is 10.4. The van der Waals surface area contributed by atoms with Gasteiger partial charge in [-0.25, -0.2) is 13.8 Å². The van der Waals surface area contributed by atoms with Crippen LogP contribution in [0.25, 0.3) is 0 Å². The van der Waals surface area contributed by atoms with Crippen molar-refractivity contribution in [2.75, 3.05) is 36.8 Å². The van der Waals surface area contributed by atoms with Crippen LogP contribution in [0.1, 0.15) is 30.4 Å². The number of anilines is 1. The number of thioether (sulfide) groups is 1. The number of likely N-dealkylation sites (tertiary alicyclic amines) is 1. The molecule has 3 aromatic rings. The highest BCUT2D eigenvalue weighted by molar-refractivity contribution is 7.98. The van der Waals surface area contributed by atoms with E-state index in [2.05, 4.69) is 10.5 Å². The van der Waals surface area contributed by atoms with Crippen LogP contribution in [-0.2, 0) is 19.6 Å². The van der Waals surface area contributed by atoms with Gasteiger partial charge in [0.25, 0.3) is 21.8 Å². The molecule has 0 spiro atoms. The van der Waals surface area contributed by atoms with Crippen molar-refractivity contribution in [2.45, 2.75) is 36.0 Å². The van der Waals surface area contributed by atoms with Crippen molar-refractivity contribution >= 4 is 45.5 Å². The number of piperidine rings is 1. The van der Waals surface area contributed by atoms with Crippen LogP contribution < -0.4 is 14.5 Å². The Morgan fingerprint density at radius 2 is 1.63 bits per heavy atom.